The Bertz CT molecular complexity index is 703. The van der Waals surface area contributed by atoms with Gasteiger partial charge in [0.1, 0.15) is 4.83 Å². The molecule has 0 aromatic carbocycles. The first-order chi connectivity index (χ1) is 8.95. The molecule has 0 atom stereocenters. The number of thiophene rings is 1. The predicted molar refractivity (Wildman–Crippen MR) is 79.1 cm³/mol. The highest BCUT2D eigenvalue weighted by Gasteiger charge is 2.15. The van der Waals surface area contributed by atoms with Crippen LogP contribution in [0, 0.1) is 13.8 Å². The second-order valence-electron chi connectivity index (χ2n) is 4.18. The first-order valence-electron chi connectivity index (χ1n) is 5.75. The lowest BCUT2D eigenvalue weighted by molar-refractivity contribution is -0.118. The van der Waals surface area contributed by atoms with Gasteiger partial charge in [-0.25, -0.2) is 4.98 Å². The van der Waals surface area contributed by atoms with Gasteiger partial charge in [0.25, 0.3) is 5.56 Å². The average Bonchev–Trinajstić information content (AvgIpc) is 2.67. The maximum atomic E-state index is 12.3. The zero-order chi connectivity index (χ0) is 14.2. The summed E-state index contributed by atoms with van der Waals surface area (Å²) in [5.74, 6) is 0.170. The van der Waals surface area contributed by atoms with E-state index in [-0.39, 0.29) is 17.2 Å². The Kier molecular flexibility index (Phi) is 3.96. The van der Waals surface area contributed by atoms with E-state index in [1.165, 1.54) is 27.7 Å². The molecule has 0 spiro atoms. The molecule has 2 rings (SSSR count). The molecule has 0 saturated heterocycles. The molecule has 0 unspecified atom stereocenters. The highest BCUT2D eigenvalue weighted by molar-refractivity contribution is 7.99. The summed E-state index contributed by atoms with van der Waals surface area (Å²) in [6.45, 7) is 3.92. The molecule has 2 aromatic rings. The van der Waals surface area contributed by atoms with Gasteiger partial charge in [-0.05, 0) is 19.4 Å². The maximum absolute atomic E-state index is 12.3. The number of aromatic nitrogens is 2. The summed E-state index contributed by atoms with van der Waals surface area (Å²) in [4.78, 5) is 29.9. The highest BCUT2D eigenvalue weighted by atomic mass is 32.2. The van der Waals surface area contributed by atoms with Crippen molar-refractivity contribution in [3.63, 3.8) is 0 Å². The van der Waals surface area contributed by atoms with Crippen molar-refractivity contribution < 1.29 is 4.79 Å². The molecular weight excluding hydrogens is 282 g/mol. The Morgan fingerprint density at radius 1 is 1.47 bits per heavy atom. The van der Waals surface area contributed by atoms with Gasteiger partial charge in [0, 0.05) is 19.0 Å². The number of fused-ring (bicyclic) bond motifs is 1. The van der Waals surface area contributed by atoms with E-state index in [0.717, 1.165) is 15.3 Å². The lowest BCUT2D eigenvalue weighted by Crippen LogP contribution is -2.23. The van der Waals surface area contributed by atoms with Crippen LogP contribution in [0.4, 0.5) is 0 Å². The van der Waals surface area contributed by atoms with Crippen molar-refractivity contribution in [2.75, 3.05) is 12.8 Å². The number of carbonyl (C=O) groups excluding carboxylic acids is 1. The highest BCUT2D eigenvalue weighted by Crippen LogP contribution is 2.27. The summed E-state index contributed by atoms with van der Waals surface area (Å²) >= 11 is 2.79. The first-order valence-corrected chi connectivity index (χ1v) is 7.56. The van der Waals surface area contributed by atoms with Gasteiger partial charge < -0.3 is 5.32 Å². The predicted octanol–water partition coefficient (Wildman–Crippen LogP) is 1.45. The van der Waals surface area contributed by atoms with E-state index in [0.29, 0.717) is 10.5 Å². The van der Waals surface area contributed by atoms with Crippen LogP contribution < -0.4 is 10.9 Å². The topological polar surface area (TPSA) is 64.0 Å². The Morgan fingerprint density at radius 3 is 2.79 bits per heavy atom. The molecule has 102 valence electrons. The Hall–Kier alpha value is -1.34. The molecule has 1 amide bonds. The van der Waals surface area contributed by atoms with Gasteiger partial charge in [0.15, 0.2) is 5.16 Å². The van der Waals surface area contributed by atoms with Crippen LogP contribution in [-0.2, 0) is 11.8 Å². The number of hydrogen-bond acceptors (Lipinski definition) is 5. The van der Waals surface area contributed by atoms with E-state index < -0.39 is 0 Å². The second kappa shape index (κ2) is 5.34. The first kappa shape index (κ1) is 14.1. The SMILES string of the molecule is CNC(=O)CSc1nc2sc(C)c(C)c2c(=O)n1C. The number of thioether (sulfide) groups is 1. The minimum Gasteiger partial charge on any atom is -0.358 e. The third kappa shape index (κ3) is 2.52. The van der Waals surface area contributed by atoms with E-state index in [1.54, 1.807) is 14.1 Å². The molecule has 0 radical (unpaired) electrons. The number of amides is 1. The summed E-state index contributed by atoms with van der Waals surface area (Å²) in [6, 6.07) is 0. The van der Waals surface area contributed by atoms with Gasteiger partial charge in [-0.1, -0.05) is 11.8 Å². The standard InChI is InChI=1S/C12H15N3O2S2/c1-6-7(2)19-10-9(6)11(17)15(4)12(14-10)18-5-8(16)13-3/h5H2,1-4H3,(H,13,16). The Labute approximate surface area is 119 Å². The number of hydrogen-bond donors (Lipinski definition) is 1. The fourth-order valence-corrected chi connectivity index (χ4v) is 3.60. The number of nitrogens with zero attached hydrogens (tertiary/aromatic N) is 2. The molecule has 0 bridgehead atoms. The number of carbonyl (C=O) groups is 1. The van der Waals surface area contributed by atoms with Crippen molar-refractivity contribution in [1.82, 2.24) is 14.9 Å². The van der Waals surface area contributed by atoms with Gasteiger partial charge in [-0.2, -0.15) is 0 Å². The zero-order valence-electron chi connectivity index (χ0n) is 11.2. The molecule has 2 heterocycles. The van der Waals surface area contributed by atoms with E-state index in [2.05, 4.69) is 10.3 Å². The normalized spacial score (nSPS) is 10.9. The summed E-state index contributed by atoms with van der Waals surface area (Å²) in [5, 5.41) is 3.81. The molecule has 0 aliphatic carbocycles. The molecular formula is C12H15N3O2S2. The minimum atomic E-state index is -0.0853. The van der Waals surface area contributed by atoms with Crippen molar-refractivity contribution in [2.24, 2.45) is 7.05 Å². The largest absolute Gasteiger partial charge is 0.358 e. The van der Waals surface area contributed by atoms with Crippen LogP contribution in [0.3, 0.4) is 0 Å². The molecule has 0 aliphatic heterocycles. The number of nitrogens with one attached hydrogen (secondary N) is 1. The Morgan fingerprint density at radius 2 is 2.16 bits per heavy atom. The molecule has 19 heavy (non-hydrogen) atoms. The molecule has 0 fully saturated rings. The van der Waals surface area contributed by atoms with Gasteiger partial charge in [0.2, 0.25) is 5.91 Å². The number of rotatable bonds is 3. The smallest absolute Gasteiger partial charge is 0.262 e. The Balaban J connectivity index is 2.49. The van der Waals surface area contributed by atoms with Crippen LogP contribution in [0.15, 0.2) is 9.95 Å². The molecule has 1 N–H and O–H groups in total. The monoisotopic (exact) mass is 297 g/mol. The van der Waals surface area contributed by atoms with E-state index >= 15 is 0 Å². The van der Waals surface area contributed by atoms with Gasteiger partial charge in [-0.3, -0.25) is 14.2 Å². The zero-order valence-corrected chi connectivity index (χ0v) is 12.9. The summed E-state index contributed by atoms with van der Waals surface area (Å²) in [5.41, 5.74) is 0.946. The summed E-state index contributed by atoms with van der Waals surface area (Å²) in [7, 11) is 3.28. The van der Waals surface area contributed by atoms with Crippen LogP contribution in [0.2, 0.25) is 0 Å². The van der Waals surface area contributed by atoms with Gasteiger partial charge >= 0.3 is 0 Å². The van der Waals surface area contributed by atoms with E-state index in [9.17, 15) is 9.59 Å². The molecule has 2 aromatic heterocycles. The minimum absolute atomic E-state index is 0.0498. The fourth-order valence-electron chi connectivity index (χ4n) is 1.69. The maximum Gasteiger partial charge on any atom is 0.262 e. The van der Waals surface area contributed by atoms with Crippen molar-refractivity contribution in [1.29, 1.82) is 0 Å². The van der Waals surface area contributed by atoms with E-state index in [1.807, 2.05) is 13.8 Å². The van der Waals surface area contributed by atoms with Crippen molar-refractivity contribution in [3.8, 4) is 0 Å². The number of aryl methyl sites for hydroxylation is 2. The van der Waals surface area contributed by atoms with Crippen LogP contribution in [0.25, 0.3) is 10.2 Å². The van der Waals surface area contributed by atoms with Crippen LogP contribution in [0.1, 0.15) is 10.4 Å². The molecule has 0 saturated carbocycles. The summed E-state index contributed by atoms with van der Waals surface area (Å²) in [6.07, 6.45) is 0. The van der Waals surface area contributed by atoms with Crippen LogP contribution in [0.5, 0.6) is 0 Å². The quantitative estimate of drug-likeness (QED) is 0.688. The second-order valence-corrected chi connectivity index (χ2v) is 6.33. The third-order valence-electron chi connectivity index (χ3n) is 2.98. The average molecular weight is 297 g/mol. The summed E-state index contributed by atoms with van der Waals surface area (Å²) < 4.78 is 1.51. The lowest BCUT2D eigenvalue weighted by atomic mass is 10.2. The van der Waals surface area contributed by atoms with Crippen molar-refractivity contribution in [2.45, 2.75) is 19.0 Å². The van der Waals surface area contributed by atoms with E-state index in [4.69, 9.17) is 0 Å². The molecule has 5 nitrogen and oxygen atoms in total. The van der Waals surface area contributed by atoms with Crippen LogP contribution in [-0.4, -0.2) is 28.3 Å². The molecule has 0 aliphatic rings. The lowest BCUT2D eigenvalue weighted by Gasteiger charge is -2.06. The molecule has 7 heteroatoms. The third-order valence-corrected chi connectivity index (χ3v) is 5.11. The fraction of sp³-hybridized carbons (Fsp3) is 0.417. The van der Waals surface area contributed by atoms with Crippen molar-refractivity contribution >= 4 is 39.2 Å². The van der Waals surface area contributed by atoms with Crippen molar-refractivity contribution in [3.05, 3.63) is 20.8 Å². The van der Waals surface area contributed by atoms with Gasteiger partial charge in [-0.15, -0.1) is 11.3 Å². The van der Waals surface area contributed by atoms with Gasteiger partial charge in [0.05, 0.1) is 11.1 Å². The van der Waals surface area contributed by atoms with Crippen LogP contribution >= 0.6 is 23.1 Å².